The number of hydrogen-bond acceptors (Lipinski definition) is 5. The molecule has 2 N–H and O–H groups in total. The molecule has 0 radical (unpaired) electrons. The topological polar surface area (TPSA) is 83.6 Å². The summed E-state index contributed by atoms with van der Waals surface area (Å²) < 4.78 is 0. The minimum atomic E-state index is -0.158. The lowest BCUT2D eigenvalue weighted by Crippen LogP contribution is -2.19. The third kappa shape index (κ3) is 3.94. The van der Waals surface area contributed by atoms with Crippen molar-refractivity contribution in [2.24, 2.45) is 0 Å². The summed E-state index contributed by atoms with van der Waals surface area (Å²) in [6.45, 7) is 9.95. The van der Waals surface area contributed by atoms with Gasteiger partial charge in [-0.15, -0.1) is 0 Å². The number of hydrogen-bond donors (Lipinski definition) is 2. The Morgan fingerprint density at radius 1 is 0.867 bits per heavy atom. The summed E-state index contributed by atoms with van der Waals surface area (Å²) in [6.07, 6.45) is 0.541. The van der Waals surface area contributed by atoms with E-state index in [-0.39, 0.29) is 5.56 Å². The Morgan fingerprint density at radius 3 is 2.30 bits per heavy atom. The summed E-state index contributed by atoms with van der Waals surface area (Å²) in [5, 5.41) is 4.10. The number of aryl methyl sites for hydroxylation is 5. The third-order valence-electron chi connectivity index (χ3n) is 5.28. The number of fused-ring (bicyclic) bond motifs is 1. The predicted octanol–water partition coefficient (Wildman–Crippen LogP) is 4.59. The maximum atomic E-state index is 12.7. The molecular formula is C24H25N5O. The maximum Gasteiger partial charge on any atom is 0.256 e. The molecule has 0 aliphatic heterocycles. The molecule has 152 valence electrons. The largest absolute Gasteiger partial charge is 0.294 e. The highest BCUT2D eigenvalue weighted by Gasteiger charge is 2.12. The second-order valence-corrected chi connectivity index (χ2v) is 7.88. The van der Waals surface area contributed by atoms with Crippen LogP contribution in [0.3, 0.4) is 0 Å². The van der Waals surface area contributed by atoms with Gasteiger partial charge in [0.1, 0.15) is 0 Å². The molecule has 4 rings (SSSR count). The molecule has 6 nitrogen and oxygen atoms in total. The minimum absolute atomic E-state index is 0.158. The molecule has 0 aliphatic carbocycles. The van der Waals surface area contributed by atoms with Gasteiger partial charge in [0.2, 0.25) is 11.9 Å². The van der Waals surface area contributed by atoms with Gasteiger partial charge in [-0.3, -0.25) is 15.1 Å². The van der Waals surface area contributed by atoms with Gasteiger partial charge in [-0.25, -0.2) is 15.0 Å². The van der Waals surface area contributed by atoms with Crippen molar-refractivity contribution in [1.29, 1.82) is 0 Å². The molecule has 30 heavy (non-hydrogen) atoms. The molecule has 0 aliphatic rings. The molecule has 0 saturated carbocycles. The molecule has 2 aromatic carbocycles. The first-order valence-corrected chi connectivity index (χ1v) is 9.98. The number of benzene rings is 2. The second kappa shape index (κ2) is 7.71. The fourth-order valence-corrected chi connectivity index (χ4v) is 3.68. The summed E-state index contributed by atoms with van der Waals surface area (Å²) in [7, 11) is 0. The number of nitrogens with zero attached hydrogens (tertiary/aromatic N) is 3. The van der Waals surface area contributed by atoms with Crippen molar-refractivity contribution in [3.05, 3.63) is 86.0 Å². The average molecular weight is 399 g/mol. The zero-order valence-corrected chi connectivity index (χ0v) is 17.9. The second-order valence-electron chi connectivity index (χ2n) is 7.88. The van der Waals surface area contributed by atoms with Crippen molar-refractivity contribution in [2.45, 2.75) is 41.0 Å². The van der Waals surface area contributed by atoms with Crippen LogP contribution in [0.4, 0.5) is 11.9 Å². The van der Waals surface area contributed by atoms with E-state index < -0.39 is 0 Å². The molecule has 0 amide bonds. The number of aromatic nitrogens is 4. The number of rotatable bonds is 4. The number of aromatic amines is 1. The Hall–Kier alpha value is -3.54. The van der Waals surface area contributed by atoms with Gasteiger partial charge in [-0.2, -0.15) is 0 Å². The van der Waals surface area contributed by atoms with E-state index >= 15 is 0 Å². The maximum absolute atomic E-state index is 12.7. The molecule has 0 saturated heterocycles. The van der Waals surface area contributed by atoms with Crippen molar-refractivity contribution in [1.82, 2.24) is 19.9 Å². The van der Waals surface area contributed by atoms with Crippen LogP contribution in [0.15, 0.2) is 41.2 Å². The van der Waals surface area contributed by atoms with Crippen molar-refractivity contribution in [3.8, 4) is 0 Å². The summed E-state index contributed by atoms with van der Waals surface area (Å²) in [4.78, 5) is 29.3. The summed E-state index contributed by atoms with van der Waals surface area (Å²) >= 11 is 0. The molecule has 0 spiro atoms. The van der Waals surface area contributed by atoms with Gasteiger partial charge in [-0.1, -0.05) is 41.5 Å². The zero-order chi connectivity index (χ0) is 21.4. The highest BCUT2D eigenvalue weighted by atomic mass is 16.1. The van der Waals surface area contributed by atoms with Gasteiger partial charge >= 0.3 is 0 Å². The van der Waals surface area contributed by atoms with Crippen LogP contribution in [0.25, 0.3) is 10.9 Å². The van der Waals surface area contributed by atoms with E-state index in [1.165, 1.54) is 11.1 Å². The number of nitrogens with one attached hydrogen (secondary N) is 2. The highest BCUT2D eigenvalue weighted by molar-refractivity contribution is 5.85. The van der Waals surface area contributed by atoms with E-state index in [0.29, 0.717) is 29.6 Å². The Balaban J connectivity index is 1.65. The molecule has 0 fully saturated rings. The van der Waals surface area contributed by atoms with Crippen molar-refractivity contribution >= 4 is 22.8 Å². The lowest BCUT2D eigenvalue weighted by Gasteiger charge is -2.11. The van der Waals surface area contributed by atoms with Gasteiger partial charge in [0.25, 0.3) is 5.56 Å². The Morgan fingerprint density at radius 2 is 1.60 bits per heavy atom. The standard InChI is InChI=1S/C24H25N5O/c1-13-6-8-18(9-7-13)12-20-17(5)26-24(28-22(20)30)29-23-25-16(4)19-11-14(2)10-15(3)21(19)27-23/h6-11H,12H2,1-5H3,(H2,25,26,27,28,29,30). The zero-order valence-electron chi connectivity index (χ0n) is 17.9. The van der Waals surface area contributed by atoms with Gasteiger partial charge < -0.3 is 0 Å². The van der Waals surface area contributed by atoms with Crippen molar-refractivity contribution in [3.63, 3.8) is 0 Å². The Kier molecular flexibility index (Phi) is 5.08. The Bertz CT molecular complexity index is 1310. The van der Waals surface area contributed by atoms with E-state index in [9.17, 15) is 4.79 Å². The third-order valence-corrected chi connectivity index (χ3v) is 5.28. The molecule has 0 unspecified atom stereocenters. The van der Waals surface area contributed by atoms with Crippen LogP contribution in [0, 0.1) is 34.6 Å². The molecule has 2 heterocycles. The van der Waals surface area contributed by atoms with Crippen molar-refractivity contribution in [2.75, 3.05) is 5.32 Å². The summed E-state index contributed by atoms with van der Waals surface area (Å²) in [5.41, 5.74) is 7.50. The lowest BCUT2D eigenvalue weighted by molar-refractivity contribution is 0.977. The lowest BCUT2D eigenvalue weighted by atomic mass is 10.0. The number of H-pyrrole nitrogens is 1. The van der Waals surface area contributed by atoms with Crippen LogP contribution < -0.4 is 10.9 Å². The van der Waals surface area contributed by atoms with E-state index in [2.05, 4.69) is 44.3 Å². The first kappa shape index (κ1) is 19.8. The SMILES string of the molecule is Cc1ccc(Cc2c(C)nc(Nc3nc(C)c4cc(C)cc(C)c4n3)[nH]c2=O)cc1. The van der Waals surface area contributed by atoms with Crippen LogP contribution in [0.5, 0.6) is 0 Å². The van der Waals surface area contributed by atoms with E-state index in [1.807, 2.05) is 52.0 Å². The molecule has 2 aromatic heterocycles. The van der Waals surface area contributed by atoms with Crippen LogP contribution in [0.1, 0.15) is 39.2 Å². The predicted molar refractivity (Wildman–Crippen MR) is 121 cm³/mol. The monoisotopic (exact) mass is 399 g/mol. The molecule has 0 atom stereocenters. The van der Waals surface area contributed by atoms with Gasteiger partial charge in [0.15, 0.2) is 0 Å². The first-order chi connectivity index (χ1) is 14.3. The van der Waals surface area contributed by atoms with E-state index in [4.69, 9.17) is 0 Å². The van der Waals surface area contributed by atoms with Crippen LogP contribution in [-0.4, -0.2) is 19.9 Å². The van der Waals surface area contributed by atoms with Gasteiger partial charge in [-0.05, 0) is 51.8 Å². The normalized spacial score (nSPS) is 11.1. The molecular weight excluding hydrogens is 374 g/mol. The smallest absolute Gasteiger partial charge is 0.256 e. The van der Waals surface area contributed by atoms with E-state index in [1.54, 1.807) is 0 Å². The van der Waals surface area contributed by atoms with Crippen LogP contribution >= 0.6 is 0 Å². The quantitative estimate of drug-likeness (QED) is 0.524. The van der Waals surface area contributed by atoms with Gasteiger partial charge in [0.05, 0.1) is 16.9 Å². The fourth-order valence-electron chi connectivity index (χ4n) is 3.68. The highest BCUT2D eigenvalue weighted by Crippen LogP contribution is 2.23. The fraction of sp³-hybridized carbons (Fsp3) is 0.250. The molecule has 6 heteroatoms. The summed E-state index contributed by atoms with van der Waals surface area (Å²) in [5.74, 6) is 0.759. The summed E-state index contributed by atoms with van der Waals surface area (Å²) in [6, 6.07) is 12.4. The Labute approximate surface area is 175 Å². The minimum Gasteiger partial charge on any atom is -0.294 e. The average Bonchev–Trinajstić information content (AvgIpc) is 2.67. The van der Waals surface area contributed by atoms with Crippen LogP contribution in [-0.2, 0) is 6.42 Å². The van der Waals surface area contributed by atoms with E-state index in [0.717, 1.165) is 27.7 Å². The van der Waals surface area contributed by atoms with Gasteiger partial charge in [0, 0.05) is 17.4 Å². The molecule has 0 bridgehead atoms. The first-order valence-electron chi connectivity index (χ1n) is 9.98. The molecule has 4 aromatic rings. The number of anilines is 2. The van der Waals surface area contributed by atoms with Crippen LogP contribution in [0.2, 0.25) is 0 Å². The van der Waals surface area contributed by atoms with Crippen molar-refractivity contribution < 1.29 is 0 Å².